The fourth-order valence-corrected chi connectivity index (χ4v) is 3.88. The molecule has 0 atom stereocenters. The molecule has 27 heavy (non-hydrogen) atoms. The highest BCUT2D eigenvalue weighted by Gasteiger charge is 2.28. The van der Waals surface area contributed by atoms with Crippen molar-refractivity contribution < 1.29 is 19.1 Å². The lowest BCUT2D eigenvalue weighted by Crippen LogP contribution is -2.38. The van der Waals surface area contributed by atoms with Crippen LogP contribution >= 0.6 is 0 Å². The standard InChI is InChI=1S/C20H23N3O4/c1-26-20(25)13-2-5-15(6-3-13)22-19(24)14-4-7-18-16(10-14)17-11-21-12-23(17)8-9-27-18/h4,7,10-13,15H,2-3,5-6,8-9H2,1H3,(H,22,24). The molecule has 1 N–H and O–H groups in total. The van der Waals surface area contributed by atoms with Gasteiger partial charge in [0.2, 0.25) is 0 Å². The molecule has 7 nitrogen and oxygen atoms in total. The average Bonchev–Trinajstić information content (AvgIpc) is 3.09. The molecule has 1 fully saturated rings. The molecule has 142 valence electrons. The van der Waals surface area contributed by atoms with Gasteiger partial charge in [0.05, 0.1) is 37.8 Å². The van der Waals surface area contributed by atoms with E-state index in [1.54, 1.807) is 18.6 Å². The van der Waals surface area contributed by atoms with Crippen LogP contribution in [0.2, 0.25) is 0 Å². The van der Waals surface area contributed by atoms with Crippen LogP contribution in [0.4, 0.5) is 0 Å². The monoisotopic (exact) mass is 369 g/mol. The Morgan fingerprint density at radius 1 is 1.26 bits per heavy atom. The van der Waals surface area contributed by atoms with Gasteiger partial charge in [-0.3, -0.25) is 9.59 Å². The summed E-state index contributed by atoms with van der Waals surface area (Å²) in [5.74, 6) is 0.467. The zero-order valence-corrected chi connectivity index (χ0v) is 15.3. The summed E-state index contributed by atoms with van der Waals surface area (Å²) in [6.45, 7) is 1.31. The second-order valence-electron chi connectivity index (χ2n) is 7.08. The van der Waals surface area contributed by atoms with Crippen molar-refractivity contribution in [3.05, 3.63) is 36.3 Å². The van der Waals surface area contributed by atoms with Crippen molar-refractivity contribution in [3.8, 4) is 17.0 Å². The number of methoxy groups -OCH3 is 1. The third-order valence-corrected chi connectivity index (χ3v) is 5.42. The number of amides is 1. The van der Waals surface area contributed by atoms with Crippen molar-refractivity contribution in [1.82, 2.24) is 14.9 Å². The minimum absolute atomic E-state index is 0.0481. The Hall–Kier alpha value is -2.83. The van der Waals surface area contributed by atoms with Crippen LogP contribution in [0.1, 0.15) is 36.0 Å². The molecule has 1 aromatic carbocycles. The molecule has 1 aromatic heterocycles. The van der Waals surface area contributed by atoms with E-state index in [2.05, 4.69) is 10.3 Å². The smallest absolute Gasteiger partial charge is 0.308 e. The summed E-state index contributed by atoms with van der Waals surface area (Å²) in [5.41, 5.74) is 2.44. The molecule has 7 heteroatoms. The van der Waals surface area contributed by atoms with Gasteiger partial charge in [-0.15, -0.1) is 0 Å². The number of ether oxygens (including phenoxy) is 2. The molecule has 2 aliphatic rings. The summed E-state index contributed by atoms with van der Waals surface area (Å²) in [5, 5.41) is 3.10. The molecule has 4 rings (SSSR count). The maximum absolute atomic E-state index is 12.7. The van der Waals surface area contributed by atoms with Crippen molar-refractivity contribution in [2.45, 2.75) is 38.3 Å². The normalized spacial score (nSPS) is 21.2. The van der Waals surface area contributed by atoms with Gasteiger partial charge in [0, 0.05) is 17.2 Å². The van der Waals surface area contributed by atoms with Crippen molar-refractivity contribution in [2.75, 3.05) is 13.7 Å². The number of carbonyl (C=O) groups is 2. The first-order valence-corrected chi connectivity index (χ1v) is 9.31. The maximum Gasteiger partial charge on any atom is 0.308 e. The van der Waals surface area contributed by atoms with E-state index in [4.69, 9.17) is 9.47 Å². The van der Waals surface area contributed by atoms with Gasteiger partial charge in [0.25, 0.3) is 5.91 Å². The second kappa shape index (κ2) is 7.42. The van der Waals surface area contributed by atoms with Gasteiger partial charge < -0.3 is 19.4 Å². The minimum atomic E-state index is -0.151. The maximum atomic E-state index is 12.7. The summed E-state index contributed by atoms with van der Waals surface area (Å²) >= 11 is 0. The Kier molecular flexibility index (Phi) is 4.83. The van der Waals surface area contributed by atoms with Gasteiger partial charge in [-0.05, 0) is 43.9 Å². The lowest BCUT2D eigenvalue weighted by atomic mass is 9.86. The molecule has 1 aliphatic carbocycles. The molecule has 0 saturated heterocycles. The average molecular weight is 369 g/mol. The van der Waals surface area contributed by atoms with E-state index in [-0.39, 0.29) is 23.8 Å². The number of aromatic nitrogens is 2. The van der Waals surface area contributed by atoms with Gasteiger partial charge >= 0.3 is 5.97 Å². The van der Waals surface area contributed by atoms with Crippen LogP contribution in [-0.4, -0.2) is 41.2 Å². The summed E-state index contributed by atoms with van der Waals surface area (Å²) in [6, 6.07) is 5.59. The molecule has 1 amide bonds. The Morgan fingerprint density at radius 2 is 2.07 bits per heavy atom. The fourth-order valence-electron chi connectivity index (χ4n) is 3.88. The van der Waals surface area contributed by atoms with Crippen molar-refractivity contribution in [3.63, 3.8) is 0 Å². The predicted octanol–water partition coefficient (Wildman–Crippen LogP) is 2.40. The molecule has 2 aromatic rings. The summed E-state index contributed by atoms with van der Waals surface area (Å²) in [4.78, 5) is 28.6. The third kappa shape index (κ3) is 3.54. The molecular formula is C20H23N3O4. The van der Waals surface area contributed by atoms with Crippen LogP contribution in [0.25, 0.3) is 11.3 Å². The van der Waals surface area contributed by atoms with E-state index < -0.39 is 0 Å². The van der Waals surface area contributed by atoms with Crippen molar-refractivity contribution in [2.24, 2.45) is 5.92 Å². The Labute approximate surface area is 157 Å². The van der Waals surface area contributed by atoms with Gasteiger partial charge in [0.1, 0.15) is 12.4 Å². The number of hydrogen-bond donors (Lipinski definition) is 1. The van der Waals surface area contributed by atoms with Crippen LogP contribution in [0.15, 0.2) is 30.7 Å². The van der Waals surface area contributed by atoms with Crippen LogP contribution < -0.4 is 10.1 Å². The van der Waals surface area contributed by atoms with Gasteiger partial charge in [0.15, 0.2) is 0 Å². The second-order valence-corrected chi connectivity index (χ2v) is 7.08. The van der Waals surface area contributed by atoms with Crippen LogP contribution in [-0.2, 0) is 16.1 Å². The Morgan fingerprint density at radius 3 is 2.85 bits per heavy atom. The lowest BCUT2D eigenvalue weighted by molar-refractivity contribution is -0.146. The first-order valence-electron chi connectivity index (χ1n) is 9.31. The number of nitrogens with zero attached hydrogens (tertiary/aromatic N) is 2. The van der Waals surface area contributed by atoms with Crippen molar-refractivity contribution in [1.29, 1.82) is 0 Å². The van der Waals surface area contributed by atoms with E-state index in [0.29, 0.717) is 12.2 Å². The van der Waals surface area contributed by atoms with E-state index in [0.717, 1.165) is 49.2 Å². The zero-order chi connectivity index (χ0) is 18.8. The minimum Gasteiger partial charge on any atom is -0.491 e. The third-order valence-electron chi connectivity index (χ3n) is 5.42. The predicted molar refractivity (Wildman–Crippen MR) is 98.4 cm³/mol. The largest absolute Gasteiger partial charge is 0.491 e. The van der Waals surface area contributed by atoms with Crippen LogP contribution in [0, 0.1) is 5.92 Å². The number of hydrogen-bond acceptors (Lipinski definition) is 5. The highest BCUT2D eigenvalue weighted by atomic mass is 16.5. The van der Waals surface area contributed by atoms with Gasteiger partial charge in [-0.1, -0.05) is 0 Å². The zero-order valence-electron chi connectivity index (χ0n) is 15.3. The summed E-state index contributed by atoms with van der Waals surface area (Å²) in [7, 11) is 1.42. The number of nitrogens with one attached hydrogen (secondary N) is 1. The quantitative estimate of drug-likeness (QED) is 0.840. The number of benzene rings is 1. The number of rotatable bonds is 3. The molecule has 0 radical (unpaired) electrons. The SMILES string of the molecule is COC(=O)C1CCC(NC(=O)c2ccc3c(c2)-c2cncn2CCO3)CC1. The molecular weight excluding hydrogens is 346 g/mol. The Balaban J connectivity index is 1.46. The Bertz CT molecular complexity index is 853. The molecule has 2 heterocycles. The van der Waals surface area contributed by atoms with E-state index in [1.807, 2.05) is 16.7 Å². The fraction of sp³-hybridized carbons (Fsp3) is 0.450. The van der Waals surface area contributed by atoms with Crippen LogP contribution in [0.3, 0.4) is 0 Å². The number of imidazole rings is 1. The molecule has 1 saturated carbocycles. The van der Waals surface area contributed by atoms with Crippen LogP contribution in [0.5, 0.6) is 5.75 Å². The first kappa shape index (κ1) is 17.6. The first-order chi connectivity index (χ1) is 13.2. The number of fused-ring (bicyclic) bond motifs is 3. The molecule has 0 spiro atoms. The topological polar surface area (TPSA) is 82.5 Å². The summed E-state index contributed by atoms with van der Waals surface area (Å²) in [6.07, 6.45) is 6.63. The van der Waals surface area contributed by atoms with E-state index in [9.17, 15) is 9.59 Å². The van der Waals surface area contributed by atoms with Crippen molar-refractivity contribution >= 4 is 11.9 Å². The molecule has 1 aliphatic heterocycles. The van der Waals surface area contributed by atoms with E-state index >= 15 is 0 Å². The summed E-state index contributed by atoms with van der Waals surface area (Å²) < 4.78 is 12.6. The van der Waals surface area contributed by atoms with Gasteiger partial charge in [-0.2, -0.15) is 0 Å². The highest BCUT2D eigenvalue weighted by molar-refractivity contribution is 5.96. The lowest BCUT2D eigenvalue weighted by Gasteiger charge is -2.27. The molecule has 0 unspecified atom stereocenters. The molecule has 0 bridgehead atoms. The van der Waals surface area contributed by atoms with E-state index in [1.165, 1.54) is 7.11 Å². The number of esters is 1. The van der Waals surface area contributed by atoms with Gasteiger partial charge in [-0.25, -0.2) is 4.98 Å². The number of carbonyl (C=O) groups excluding carboxylic acids is 2. The highest BCUT2D eigenvalue weighted by Crippen LogP contribution is 2.33.